The zero-order valence-corrected chi connectivity index (χ0v) is 12.9. The topological polar surface area (TPSA) is 36.9 Å². The molecule has 3 rings (SSSR count). The number of thioether (sulfide) groups is 1. The molecule has 2 heterocycles. The first kappa shape index (κ1) is 13.5. The molecule has 0 amide bonds. The fourth-order valence-corrected chi connectivity index (χ4v) is 3.09. The third-order valence-electron chi connectivity index (χ3n) is 2.87. The van der Waals surface area contributed by atoms with Gasteiger partial charge in [-0.2, -0.15) is 0 Å². The number of hydrogen-bond acceptors (Lipinski definition) is 5. The van der Waals surface area contributed by atoms with Crippen LogP contribution < -0.4 is 18.9 Å². The Labute approximate surface area is 123 Å². The molecule has 2 aliphatic rings. The summed E-state index contributed by atoms with van der Waals surface area (Å²) in [7, 11) is 0. The van der Waals surface area contributed by atoms with Gasteiger partial charge in [0.05, 0.1) is 0 Å². The average molecular weight is 294 g/mol. The molecule has 0 spiro atoms. The summed E-state index contributed by atoms with van der Waals surface area (Å²) in [6.45, 7) is 11.3. The van der Waals surface area contributed by atoms with Gasteiger partial charge in [0.25, 0.3) is 0 Å². The van der Waals surface area contributed by atoms with E-state index in [1.807, 2.05) is 39.8 Å². The summed E-state index contributed by atoms with van der Waals surface area (Å²) in [5.74, 6) is 2.26. The molecular weight excluding hydrogens is 276 g/mol. The third kappa shape index (κ3) is 2.20. The van der Waals surface area contributed by atoms with Crippen molar-refractivity contribution < 1.29 is 18.9 Å². The number of rotatable bonds is 3. The van der Waals surface area contributed by atoms with E-state index in [0.717, 1.165) is 22.1 Å². The SMILES string of the molecule is C=CCSc1c2c(cc3c1OC(C)(C)O3)OC(C)(C)O2. The van der Waals surface area contributed by atoms with Crippen molar-refractivity contribution in [2.45, 2.75) is 44.2 Å². The molecule has 0 atom stereocenters. The first-order chi connectivity index (χ1) is 9.31. The Hall–Kier alpha value is -1.49. The van der Waals surface area contributed by atoms with Crippen molar-refractivity contribution in [3.8, 4) is 23.0 Å². The Bertz CT molecular complexity index is 535. The van der Waals surface area contributed by atoms with Crippen LogP contribution in [0.5, 0.6) is 23.0 Å². The lowest BCUT2D eigenvalue weighted by Gasteiger charge is -2.18. The molecule has 1 aromatic carbocycles. The molecule has 0 radical (unpaired) electrons. The first-order valence-corrected chi connectivity index (χ1v) is 7.51. The quantitative estimate of drug-likeness (QED) is 0.622. The van der Waals surface area contributed by atoms with Crippen LogP contribution in [0.15, 0.2) is 23.6 Å². The van der Waals surface area contributed by atoms with Gasteiger partial charge in [-0.05, 0) is 0 Å². The lowest BCUT2D eigenvalue weighted by molar-refractivity contribution is -0.0501. The van der Waals surface area contributed by atoms with E-state index in [4.69, 9.17) is 18.9 Å². The van der Waals surface area contributed by atoms with E-state index >= 15 is 0 Å². The predicted molar refractivity (Wildman–Crippen MR) is 78.0 cm³/mol. The fourth-order valence-electron chi connectivity index (χ4n) is 2.26. The van der Waals surface area contributed by atoms with Gasteiger partial charge in [0.2, 0.25) is 11.6 Å². The highest BCUT2D eigenvalue weighted by atomic mass is 32.2. The summed E-state index contributed by atoms with van der Waals surface area (Å²) in [6.07, 6.45) is 1.85. The molecule has 0 aromatic heterocycles. The van der Waals surface area contributed by atoms with Gasteiger partial charge in [-0.1, -0.05) is 6.08 Å². The Kier molecular flexibility index (Phi) is 2.87. The molecule has 4 nitrogen and oxygen atoms in total. The maximum absolute atomic E-state index is 5.90. The van der Waals surface area contributed by atoms with Crippen molar-refractivity contribution in [3.63, 3.8) is 0 Å². The van der Waals surface area contributed by atoms with Crippen LogP contribution >= 0.6 is 11.8 Å². The third-order valence-corrected chi connectivity index (χ3v) is 3.94. The second-order valence-corrected chi connectivity index (χ2v) is 6.70. The van der Waals surface area contributed by atoms with Crippen LogP contribution in [0.3, 0.4) is 0 Å². The second-order valence-electron chi connectivity index (χ2n) is 5.67. The summed E-state index contributed by atoms with van der Waals surface area (Å²) in [6, 6.07) is 1.84. The summed E-state index contributed by atoms with van der Waals surface area (Å²) >= 11 is 1.60. The van der Waals surface area contributed by atoms with Crippen LogP contribution in [0.25, 0.3) is 0 Å². The molecule has 0 fully saturated rings. The Morgan fingerprint density at radius 1 is 1.00 bits per heavy atom. The van der Waals surface area contributed by atoms with Gasteiger partial charge in [-0.15, -0.1) is 18.3 Å². The van der Waals surface area contributed by atoms with Crippen molar-refractivity contribution in [3.05, 3.63) is 18.7 Å². The molecule has 108 valence electrons. The molecule has 5 heteroatoms. The van der Waals surface area contributed by atoms with E-state index < -0.39 is 11.6 Å². The van der Waals surface area contributed by atoms with Gasteiger partial charge in [0, 0.05) is 39.5 Å². The van der Waals surface area contributed by atoms with Crippen molar-refractivity contribution in [2.75, 3.05) is 5.75 Å². The summed E-state index contributed by atoms with van der Waals surface area (Å²) in [5, 5.41) is 0. The maximum atomic E-state index is 5.90. The van der Waals surface area contributed by atoms with Crippen LogP contribution in [-0.2, 0) is 0 Å². The van der Waals surface area contributed by atoms with Crippen LogP contribution in [0.4, 0.5) is 0 Å². The molecule has 0 N–H and O–H groups in total. The fraction of sp³-hybridized carbons (Fsp3) is 0.467. The van der Waals surface area contributed by atoms with Crippen LogP contribution in [-0.4, -0.2) is 17.3 Å². The van der Waals surface area contributed by atoms with Gasteiger partial charge in [-0.25, -0.2) is 0 Å². The zero-order valence-electron chi connectivity index (χ0n) is 12.1. The van der Waals surface area contributed by atoms with Crippen molar-refractivity contribution in [1.82, 2.24) is 0 Å². The van der Waals surface area contributed by atoms with Crippen molar-refractivity contribution in [2.24, 2.45) is 0 Å². The zero-order chi connectivity index (χ0) is 14.5. The molecular formula is C15H18O4S. The summed E-state index contributed by atoms with van der Waals surface area (Å²) < 4.78 is 23.4. The Balaban J connectivity index is 2.09. The van der Waals surface area contributed by atoms with Gasteiger partial charge in [0.1, 0.15) is 4.90 Å². The summed E-state index contributed by atoms with van der Waals surface area (Å²) in [5.41, 5.74) is 0. The largest absolute Gasteiger partial charge is 0.449 e. The van der Waals surface area contributed by atoms with Crippen LogP contribution in [0, 0.1) is 0 Å². The predicted octanol–water partition coefficient (Wildman–Crippen LogP) is 3.98. The Morgan fingerprint density at radius 2 is 1.50 bits per heavy atom. The van der Waals surface area contributed by atoms with Gasteiger partial charge in [-0.3, -0.25) is 0 Å². The van der Waals surface area contributed by atoms with E-state index in [1.54, 1.807) is 11.8 Å². The van der Waals surface area contributed by atoms with Crippen molar-refractivity contribution in [1.29, 1.82) is 0 Å². The highest BCUT2D eigenvalue weighted by Gasteiger charge is 2.41. The first-order valence-electron chi connectivity index (χ1n) is 6.52. The van der Waals surface area contributed by atoms with Gasteiger partial charge in [0.15, 0.2) is 23.0 Å². The molecule has 0 saturated carbocycles. The molecule has 20 heavy (non-hydrogen) atoms. The lowest BCUT2D eigenvalue weighted by atomic mass is 10.3. The monoisotopic (exact) mass is 294 g/mol. The van der Waals surface area contributed by atoms with Crippen LogP contribution in [0.1, 0.15) is 27.7 Å². The average Bonchev–Trinajstić information content (AvgIpc) is 2.77. The highest BCUT2D eigenvalue weighted by Crippen LogP contribution is 2.57. The number of fused-ring (bicyclic) bond motifs is 2. The molecule has 0 aliphatic carbocycles. The van der Waals surface area contributed by atoms with Gasteiger partial charge >= 0.3 is 0 Å². The summed E-state index contributed by atoms with van der Waals surface area (Å²) in [4.78, 5) is 0.911. The number of hydrogen-bond donors (Lipinski definition) is 0. The number of benzene rings is 1. The van der Waals surface area contributed by atoms with E-state index in [-0.39, 0.29) is 0 Å². The minimum atomic E-state index is -0.670. The smallest absolute Gasteiger partial charge is 0.246 e. The normalized spacial score (nSPS) is 20.0. The van der Waals surface area contributed by atoms with E-state index in [0.29, 0.717) is 11.5 Å². The second kappa shape index (κ2) is 4.25. The van der Waals surface area contributed by atoms with Crippen molar-refractivity contribution >= 4 is 11.8 Å². The number of ether oxygens (including phenoxy) is 4. The molecule has 2 aliphatic heterocycles. The minimum Gasteiger partial charge on any atom is -0.449 e. The maximum Gasteiger partial charge on any atom is 0.246 e. The standard InChI is InChI=1S/C15H18O4S/c1-6-7-20-13-11-9(16-14(2,3)18-11)8-10-12(13)19-15(4,5)17-10/h6,8H,1,7H2,2-5H3. The van der Waals surface area contributed by atoms with Crippen LogP contribution in [0.2, 0.25) is 0 Å². The lowest BCUT2D eigenvalue weighted by Crippen LogP contribution is -2.30. The van der Waals surface area contributed by atoms with E-state index in [9.17, 15) is 0 Å². The molecule has 1 aromatic rings. The van der Waals surface area contributed by atoms with Gasteiger partial charge < -0.3 is 18.9 Å². The molecule has 0 unspecified atom stereocenters. The minimum absolute atomic E-state index is 0.670. The Morgan fingerprint density at radius 3 is 1.95 bits per heavy atom. The van der Waals surface area contributed by atoms with E-state index in [2.05, 4.69) is 6.58 Å². The molecule has 0 bridgehead atoms. The molecule has 0 saturated heterocycles. The van der Waals surface area contributed by atoms with E-state index in [1.165, 1.54) is 0 Å². The highest BCUT2D eigenvalue weighted by molar-refractivity contribution is 7.99.